The molecule has 4 rings (SSSR count). The van der Waals surface area contributed by atoms with E-state index in [0.717, 1.165) is 16.1 Å². The van der Waals surface area contributed by atoms with Crippen molar-refractivity contribution in [1.29, 1.82) is 0 Å². The first-order valence-electron chi connectivity index (χ1n) is 8.52. The zero-order chi connectivity index (χ0) is 19.0. The third-order valence-electron chi connectivity index (χ3n) is 4.70. The Kier molecular flexibility index (Phi) is 4.39. The second-order valence-corrected chi connectivity index (χ2v) is 7.69. The van der Waals surface area contributed by atoms with Crippen molar-refractivity contribution >= 4 is 35.3 Å². The van der Waals surface area contributed by atoms with Crippen LogP contribution in [-0.4, -0.2) is 29.8 Å². The SMILES string of the molecule is COC(=O)Cc1ccc(OC(=O)C23CCC(=O)N2c2ccccc2S3)cc1. The molecule has 2 aromatic rings. The smallest absolute Gasteiger partial charge is 0.348 e. The minimum absolute atomic E-state index is 0.0715. The predicted molar refractivity (Wildman–Crippen MR) is 99.5 cm³/mol. The molecular formula is C20H17NO5S. The van der Waals surface area contributed by atoms with Crippen molar-refractivity contribution in [2.75, 3.05) is 12.0 Å². The van der Waals surface area contributed by atoms with Gasteiger partial charge in [0.05, 0.1) is 19.2 Å². The quantitative estimate of drug-likeness (QED) is 0.597. The fourth-order valence-corrected chi connectivity index (χ4v) is 4.77. The maximum absolute atomic E-state index is 13.0. The highest BCUT2D eigenvalue weighted by Gasteiger charge is 2.58. The van der Waals surface area contributed by atoms with Crippen LogP contribution in [0.5, 0.6) is 5.75 Å². The summed E-state index contributed by atoms with van der Waals surface area (Å²) in [6.07, 6.45) is 0.876. The van der Waals surface area contributed by atoms with Crippen LogP contribution >= 0.6 is 11.8 Å². The van der Waals surface area contributed by atoms with Gasteiger partial charge in [0.25, 0.3) is 0 Å². The highest BCUT2D eigenvalue weighted by molar-refractivity contribution is 8.02. The number of carbonyl (C=O) groups excluding carboxylic acids is 3. The monoisotopic (exact) mass is 383 g/mol. The molecule has 0 aliphatic carbocycles. The predicted octanol–water partition coefficient (Wildman–Crippen LogP) is 2.94. The van der Waals surface area contributed by atoms with Crippen LogP contribution in [0.3, 0.4) is 0 Å². The van der Waals surface area contributed by atoms with Gasteiger partial charge in [-0.05, 0) is 29.8 Å². The Bertz CT molecular complexity index is 926. The number of carbonyl (C=O) groups is 3. The van der Waals surface area contributed by atoms with Crippen molar-refractivity contribution < 1.29 is 23.9 Å². The number of rotatable bonds is 4. The minimum atomic E-state index is -1.05. The summed E-state index contributed by atoms with van der Waals surface area (Å²) in [5.74, 6) is -0.495. The first-order chi connectivity index (χ1) is 13.0. The molecule has 0 spiro atoms. The van der Waals surface area contributed by atoms with Crippen LogP contribution in [-0.2, 0) is 25.5 Å². The molecule has 2 aliphatic heterocycles. The average molecular weight is 383 g/mol. The third-order valence-corrected chi connectivity index (χ3v) is 6.16. The second kappa shape index (κ2) is 6.74. The second-order valence-electron chi connectivity index (χ2n) is 6.37. The topological polar surface area (TPSA) is 72.9 Å². The van der Waals surface area contributed by atoms with Gasteiger partial charge in [0, 0.05) is 17.7 Å². The van der Waals surface area contributed by atoms with Crippen LogP contribution in [0.15, 0.2) is 53.4 Å². The Balaban J connectivity index is 1.55. The van der Waals surface area contributed by atoms with E-state index in [0.29, 0.717) is 18.6 Å². The van der Waals surface area contributed by atoms with Crippen LogP contribution in [0, 0.1) is 0 Å². The van der Waals surface area contributed by atoms with Crippen LogP contribution in [0.4, 0.5) is 5.69 Å². The number of methoxy groups -OCH3 is 1. The van der Waals surface area contributed by atoms with E-state index in [2.05, 4.69) is 4.74 Å². The number of anilines is 1. The van der Waals surface area contributed by atoms with Gasteiger partial charge < -0.3 is 9.47 Å². The largest absolute Gasteiger partial charge is 0.469 e. The number of benzene rings is 2. The molecule has 0 bridgehead atoms. The van der Waals surface area contributed by atoms with Crippen LogP contribution in [0.25, 0.3) is 0 Å². The van der Waals surface area contributed by atoms with E-state index in [9.17, 15) is 14.4 Å². The van der Waals surface area contributed by atoms with Gasteiger partial charge in [0.1, 0.15) is 5.75 Å². The molecule has 2 heterocycles. The van der Waals surface area contributed by atoms with Gasteiger partial charge in [-0.2, -0.15) is 0 Å². The molecule has 1 fully saturated rings. The molecule has 1 atom stereocenters. The van der Waals surface area contributed by atoms with Crippen molar-refractivity contribution in [2.24, 2.45) is 0 Å². The molecule has 0 aromatic heterocycles. The molecule has 7 heteroatoms. The summed E-state index contributed by atoms with van der Waals surface area (Å²) >= 11 is 1.37. The highest BCUT2D eigenvalue weighted by atomic mass is 32.2. The van der Waals surface area contributed by atoms with Gasteiger partial charge in [-0.1, -0.05) is 36.0 Å². The summed E-state index contributed by atoms with van der Waals surface area (Å²) in [7, 11) is 1.34. The Morgan fingerprint density at radius 1 is 1.15 bits per heavy atom. The molecule has 1 amide bonds. The van der Waals surface area contributed by atoms with E-state index in [1.807, 2.05) is 24.3 Å². The molecule has 1 saturated heterocycles. The first kappa shape index (κ1) is 17.6. The lowest BCUT2D eigenvalue weighted by atomic mass is 10.1. The third kappa shape index (κ3) is 2.98. The Hall–Kier alpha value is -2.80. The zero-order valence-corrected chi connectivity index (χ0v) is 15.5. The maximum Gasteiger partial charge on any atom is 0.348 e. The lowest BCUT2D eigenvalue weighted by Gasteiger charge is -2.28. The van der Waals surface area contributed by atoms with Gasteiger partial charge in [-0.3, -0.25) is 14.5 Å². The van der Waals surface area contributed by atoms with Gasteiger partial charge in [-0.25, -0.2) is 4.79 Å². The van der Waals surface area contributed by atoms with Crippen molar-refractivity contribution in [3.63, 3.8) is 0 Å². The van der Waals surface area contributed by atoms with E-state index in [1.165, 1.54) is 18.9 Å². The highest BCUT2D eigenvalue weighted by Crippen LogP contribution is 2.56. The summed E-state index contributed by atoms with van der Waals surface area (Å²) in [5, 5.41) is 0. The van der Waals surface area contributed by atoms with E-state index >= 15 is 0 Å². The minimum Gasteiger partial charge on any atom is -0.469 e. The van der Waals surface area contributed by atoms with Crippen LogP contribution in [0.2, 0.25) is 0 Å². The average Bonchev–Trinajstić information content (AvgIpc) is 3.19. The van der Waals surface area contributed by atoms with Gasteiger partial charge in [0.15, 0.2) is 4.87 Å². The molecule has 138 valence electrons. The number of hydrogen-bond donors (Lipinski definition) is 0. The summed E-state index contributed by atoms with van der Waals surface area (Å²) in [4.78, 5) is 38.2. The molecule has 2 aromatic carbocycles. The lowest BCUT2D eigenvalue weighted by molar-refractivity contribution is -0.140. The summed E-state index contributed by atoms with van der Waals surface area (Å²) < 4.78 is 10.2. The molecule has 0 saturated carbocycles. The maximum atomic E-state index is 13.0. The first-order valence-corrected chi connectivity index (χ1v) is 9.34. The summed E-state index contributed by atoms with van der Waals surface area (Å²) in [5.41, 5.74) is 1.52. The summed E-state index contributed by atoms with van der Waals surface area (Å²) in [6, 6.07) is 14.2. The van der Waals surface area contributed by atoms with E-state index in [1.54, 1.807) is 29.2 Å². The molecule has 0 N–H and O–H groups in total. The number of para-hydroxylation sites is 1. The molecular weight excluding hydrogens is 366 g/mol. The van der Waals surface area contributed by atoms with E-state index < -0.39 is 10.8 Å². The molecule has 2 aliphatic rings. The van der Waals surface area contributed by atoms with Gasteiger partial charge in [-0.15, -0.1) is 0 Å². The van der Waals surface area contributed by atoms with E-state index in [4.69, 9.17) is 4.74 Å². The lowest BCUT2D eigenvalue weighted by Crippen LogP contribution is -2.48. The Labute approximate surface area is 160 Å². The normalized spacial score (nSPS) is 20.2. The molecule has 27 heavy (non-hydrogen) atoms. The molecule has 6 nitrogen and oxygen atoms in total. The number of fused-ring (bicyclic) bond motifs is 3. The molecule has 1 unspecified atom stereocenters. The van der Waals surface area contributed by atoms with E-state index in [-0.39, 0.29) is 18.3 Å². The van der Waals surface area contributed by atoms with Crippen molar-refractivity contribution in [1.82, 2.24) is 0 Å². The van der Waals surface area contributed by atoms with Gasteiger partial charge >= 0.3 is 11.9 Å². The number of amides is 1. The number of hydrogen-bond acceptors (Lipinski definition) is 6. The number of esters is 2. The van der Waals surface area contributed by atoms with Crippen LogP contribution < -0.4 is 9.64 Å². The fourth-order valence-electron chi connectivity index (χ4n) is 3.37. The fraction of sp³-hybridized carbons (Fsp3) is 0.250. The molecule has 0 radical (unpaired) electrons. The standard InChI is InChI=1S/C20H17NO5S/c1-25-18(23)12-13-6-8-14(9-7-13)26-19(24)20-11-10-17(22)21(20)15-4-2-3-5-16(15)27-20/h2-9H,10-12H2,1H3. The Morgan fingerprint density at radius 2 is 1.89 bits per heavy atom. The zero-order valence-electron chi connectivity index (χ0n) is 14.6. The van der Waals surface area contributed by atoms with Crippen molar-refractivity contribution in [2.45, 2.75) is 29.0 Å². The number of ether oxygens (including phenoxy) is 2. The van der Waals surface area contributed by atoms with Crippen molar-refractivity contribution in [3.05, 3.63) is 54.1 Å². The van der Waals surface area contributed by atoms with Crippen LogP contribution in [0.1, 0.15) is 18.4 Å². The van der Waals surface area contributed by atoms with Gasteiger partial charge in [0.2, 0.25) is 5.91 Å². The van der Waals surface area contributed by atoms with Crippen molar-refractivity contribution in [3.8, 4) is 5.75 Å². The Morgan fingerprint density at radius 3 is 2.63 bits per heavy atom. The summed E-state index contributed by atoms with van der Waals surface area (Å²) in [6.45, 7) is 0. The number of thioether (sulfide) groups is 1. The number of nitrogens with zero attached hydrogens (tertiary/aromatic N) is 1.